The van der Waals surface area contributed by atoms with Crippen LogP contribution in [0.15, 0.2) is 65.6 Å². The van der Waals surface area contributed by atoms with Crippen molar-refractivity contribution in [3.05, 3.63) is 138 Å². The number of H-pyrrole nitrogens is 1. The molecule has 2 unspecified atom stereocenters. The second-order valence-electron chi connectivity index (χ2n) is 20.5. The average molecular weight is 1190 g/mol. The molecule has 0 saturated carbocycles. The van der Waals surface area contributed by atoms with Crippen LogP contribution in [0.25, 0.3) is 11.2 Å². The molecule has 6 aromatic rings. The van der Waals surface area contributed by atoms with E-state index < -0.39 is 159 Å². The van der Waals surface area contributed by atoms with Gasteiger partial charge >= 0.3 is 11.9 Å². The number of benzene rings is 4. The lowest BCUT2D eigenvalue weighted by Gasteiger charge is -2.42. The van der Waals surface area contributed by atoms with Crippen molar-refractivity contribution in [2.75, 3.05) is 37.8 Å². The van der Waals surface area contributed by atoms with E-state index >= 15 is 0 Å². The van der Waals surface area contributed by atoms with Crippen molar-refractivity contribution in [2.24, 2.45) is 0 Å². The zero-order valence-corrected chi connectivity index (χ0v) is 45.9. The molecule has 4 amide bonds. The minimum absolute atomic E-state index is 0.00425. The van der Waals surface area contributed by atoms with Gasteiger partial charge in [-0.2, -0.15) is 4.98 Å². The number of aromatic nitrogens is 4. The normalized spacial score (nSPS) is 19.5. The average Bonchev–Trinajstić information content (AvgIpc) is 0.728. The number of aromatic amines is 1. The Labute approximate surface area is 485 Å². The molecule has 3 aliphatic rings. The lowest BCUT2D eigenvalue weighted by Crippen LogP contribution is -2.56. The van der Waals surface area contributed by atoms with E-state index in [1.165, 1.54) is 38.4 Å². The summed E-state index contributed by atoms with van der Waals surface area (Å²) in [7, 11) is 1.26. The fourth-order valence-corrected chi connectivity index (χ4v) is 10.4. The van der Waals surface area contributed by atoms with Crippen molar-refractivity contribution in [1.29, 1.82) is 0 Å². The van der Waals surface area contributed by atoms with Crippen molar-refractivity contribution in [3.63, 3.8) is 0 Å². The summed E-state index contributed by atoms with van der Waals surface area (Å²) in [6, 6.07) is 10.6. The number of nitrogen functional groups attached to an aromatic ring is 1. The highest BCUT2D eigenvalue weighted by Crippen LogP contribution is 2.52. The number of aliphatic hydroxyl groups excluding tert-OH is 1. The number of hydrogen-bond acceptors (Lipinski definition) is 22. The van der Waals surface area contributed by atoms with Gasteiger partial charge in [-0.25, -0.2) is 19.6 Å². The van der Waals surface area contributed by atoms with Gasteiger partial charge in [0.05, 0.1) is 82.7 Å². The predicted molar refractivity (Wildman–Crippen MR) is 297 cm³/mol. The first-order valence-electron chi connectivity index (χ1n) is 26.6. The van der Waals surface area contributed by atoms with Crippen LogP contribution in [0.2, 0.25) is 0 Å². The van der Waals surface area contributed by atoms with E-state index in [9.17, 15) is 78.6 Å². The second kappa shape index (κ2) is 24.5. The molecule has 29 nitrogen and oxygen atoms in total. The van der Waals surface area contributed by atoms with E-state index in [4.69, 9.17) is 19.9 Å². The molecule has 1 saturated heterocycles. The molecular formula is C57H56N10O19. The van der Waals surface area contributed by atoms with Gasteiger partial charge in [0.15, 0.2) is 29.0 Å². The maximum atomic E-state index is 14.1. The number of hydrogen-bond donors (Lipinski definition) is 13. The zero-order chi connectivity index (χ0) is 62.1. The molecule has 86 heavy (non-hydrogen) atoms. The van der Waals surface area contributed by atoms with Gasteiger partial charge in [0.2, 0.25) is 17.6 Å². The van der Waals surface area contributed by atoms with E-state index in [1.807, 2.05) is 0 Å². The Balaban J connectivity index is 0.804. The minimum atomic E-state index is -2.28. The van der Waals surface area contributed by atoms with Crippen LogP contribution in [0.4, 0.5) is 11.6 Å². The number of aromatic hydroxyl groups is 2. The van der Waals surface area contributed by atoms with E-state index in [-0.39, 0.29) is 84.1 Å². The monoisotopic (exact) mass is 1180 g/mol. The number of methoxy groups -OCH3 is 1. The van der Waals surface area contributed by atoms with E-state index in [0.717, 1.165) is 13.0 Å². The molecule has 448 valence electrons. The highest BCUT2D eigenvalue weighted by molar-refractivity contribution is 6.31. The quantitative estimate of drug-likeness (QED) is 0.0376. The van der Waals surface area contributed by atoms with Crippen molar-refractivity contribution in [3.8, 4) is 17.2 Å². The number of carboxylic acids is 2. The van der Waals surface area contributed by atoms with Gasteiger partial charge in [-0.15, -0.1) is 0 Å². The number of nitrogens with zero attached hydrogens (tertiary/aromatic N) is 3. The van der Waals surface area contributed by atoms with Gasteiger partial charge in [0, 0.05) is 73.3 Å². The first kappa shape index (κ1) is 60.4. The van der Waals surface area contributed by atoms with Gasteiger partial charge in [-0.05, 0) is 62.7 Å². The summed E-state index contributed by atoms with van der Waals surface area (Å²) in [5.41, 5.74) is -0.815. The number of ether oxygens (including phenoxy) is 3. The number of nitrogens with one attached hydrogen (secondary N) is 6. The molecule has 14 N–H and O–H groups in total. The zero-order valence-electron chi connectivity index (χ0n) is 45.9. The minimum Gasteiger partial charge on any atom is -0.507 e. The van der Waals surface area contributed by atoms with E-state index in [1.54, 1.807) is 24.3 Å². The molecule has 0 radical (unpaired) electrons. The summed E-state index contributed by atoms with van der Waals surface area (Å²) in [6.07, 6.45) is -5.89. The van der Waals surface area contributed by atoms with Gasteiger partial charge in [0.1, 0.15) is 29.0 Å². The number of phenolic OH excluding ortho intramolecular Hbond substituents is 2. The third-order valence-corrected chi connectivity index (χ3v) is 14.9. The number of aliphatic hydroxyl groups is 2. The van der Waals surface area contributed by atoms with E-state index in [0.29, 0.717) is 23.0 Å². The number of fused-ring (bicyclic) bond motifs is 4. The molecule has 1 fully saturated rings. The molecule has 0 spiro atoms. The third kappa shape index (κ3) is 12.1. The fourth-order valence-electron chi connectivity index (χ4n) is 10.4. The van der Waals surface area contributed by atoms with Crippen molar-refractivity contribution in [1.82, 2.24) is 41.2 Å². The summed E-state index contributed by atoms with van der Waals surface area (Å²) < 4.78 is 17.5. The number of ketones is 3. The Morgan fingerprint density at radius 1 is 0.826 bits per heavy atom. The lowest BCUT2D eigenvalue weighted by atomic mass is 9.72. The summed E-state index contributed by atoms with van der Waals surface area (Å²) in [6.45, 7) is 2.33. The topological polar surface area (TPSA) is 460 Å². The molecule has 3 heterocycles. The number of carboxylic acid groups (broad SMARTS) is 2. The van der Waals surface area contributed by atoms with Crippen LogP contribution in [0, 0.1) is 0 Å². The van der Waals surface area contributed by atoms with Crippen molar-refractivity contribution >= 4 is 75.7 Å². The number of Topliss-reactive ketones (excluding diaryl/α,β-unsaturated/α-hetero) is 1. The molecular weight excluding hydrogens is 1130 g/mol. The number of carbonyl (C=O) groups is 9. The molecule has 0 bridgehead atoms. The summed E-state index contributed by atoms with van der Waals surface area (Å²) in [5.74, 6) is -10.9. The van der Waals surface area contributed by atoms with Crippen LogP contribution in [-0.4, -0.2) is 160 Å². The number of aromatic carboxylic acids is 2. The fraction of sp³-hybridized carbons (Fsp3) is 0.316. The largest absolute Gasteiger partial charge is 0.507 e. The first-order chi connectivity index (χ1) is 40.9. The van der Waals surface area contributed by atoms with Crippen LogP contribution >= 0.6 is 0 Å². The number of nitrogens with two attached hydrogens (primary N) is 1. The first-order valence-corrected chi connectivity index (χ1v) is 26.6. The Morgan fingerprint density at radius 3 is 2.17 bits per heavy atom. The Morgan fingerprint density at radius 2 is 1.49 bits per heavy atom. The van der Waals surface area contributed by atoms with Crippen LogP contribution in [-0.2, 0) is 32.0 Å². The molecule has 2 aromatic heterocycles. The predicted octanol–water partition coefficient (Wildman–Crippen LogP) is 1.17. The number of rotatable bonds is 20. The molecule has 29 heteroatoms. The highest BCUT2D eigenvalue weighted by atomic mass is 16.7. The van der Waals surface area contributed by atoms with E-state index in [2.05, 4.69) is 46.5 Å². The maximum Gasteiger partial charge on any atom is 0.336 e. The van der Waals surface area contributed by atoms with Gasteiger partial charge < -0.3 is 77.2 Å². The standard InChI is InChI=1S/C57H56N10O19/c1-23-44(70)34(18-38(85-23)86-36-20-57(83,24(2)68)19-33-40(36)48(74)42-41(46(33)72)45(71)28-6-4-7-35(84-3)39(28)47(42)73)65-52(77)30-16-29(31(54(79)80)17-32(30)55(81)82)51(76)61-15-14-59-37(69)8-5-13-60-50(75)25-9-11-26(12-10-25)62-21-27-22-63-49-43(64-27)53(78)67-56(58)66-49/h4,6-7,9-12,16-17,22-23,34,36,38,44,62,70,72,74,83H,5,8,13-15,18-21H2,1-3H3,(H,59,69)(H,60,75)(H,61,76)(H,65,77)(H,79,80)(H,81,82)(H3,58,63,66,67,78)/t23?,34?,36-,38-,44+,57-/m0/s1. The Hall–Kier alpha value is -10.2. The van der Waals surface area contributed by atoms with Crippen LogP contribution in [0.3, 0.4) is 0 Å². The van der Waals surface area contributed by atoms with Crippen LogP contribution < -0.4 is 42.6 Å². The molecule has 4 aromatic carbocycles. The summed E-state index contributed by atoms with van der Waals surface area (Å²) >= 11 is 0. The summed E-state index contributed by atoms with van der Waals surface area (Å²) in [4.78, 5) is 146. The van der Waals surface area contributed by atoms with Gasteiger partial charge in [-0.3, -0.25) is 43.3 Å². The molecule has 9 rings (SSSR count). The maximum absolute atomic E-state index is 14.1. The second-order valence-corrected chi connectivity index (χ2v) is 20.5. The van der Waals surface area contributed by atoms with Crippen molar-refractivity contribution in [2.45, 2.75) is 88.7 Å². The molecule has 1 aliphatic heterocycles. The SMILES string of the molecule is COc1cccc2c1C(=O)c1c(O)c3c(c(O)c1C2=O)C[C@@](O)(C(C)=O)C[C@@H]3O[C@H]1CC(NC(=O)c2cc(C(=O)NCCNC(=O)CCCNC(=O)c3ccc(NCc4cnc5nc(N)[nH]c(=O)c5n4)cc3)c(C(=O)O)cc2C(=O)O)[C@H](O)C(C)O1. The lowest BCUT2D eigenvalue weighted by molar-refractivity contribution is -0.248. The molecule has 6 atom stereocenters. The van der Waals surface area contributed by atoms with Crippen LogP contribution in [0.1, 0.15) is 146 Å². The number of carbonyl (C=O) groups excluding carboxylic acids is 7. The smallest absolute Gasteiger partial charge is 0.336 e. The Bertz CT molecular complexity index is 3890. The number of amides is 4. The van der Waals surface area contributed by atoms with Gasteiger partial charge in [0.25, 0.3) is 23.3 Å². The third-order valence-electron chi connectivity index (χ3n) is 14.9. The number of anilines is 2. The summed E-state index contributed by atoms with van der Waals surface area (Å²) in [5, 5.41) is 80.2. The molecule has 2 aliphatic carbocycles. The number of phenols is 2. The Kier molecular flexibility index (Phi) is 17.2. The van der Waals surface area contributed by atoms with Gasteiger partial charge in [-0.1, -0.05) is 12.1 Å². The highest BCUT2D eigenvalue weighted by Gasteiger charge is 2.50. The van der Waals surface area contributed by atoms with Crippen molar-refractivity contribution < 1.29 is 88.0 Å². The van der Waals surface area contributed by atoms with Crippen LogP contribution in [0.5, 0.6) is 17.2 Å².